The second-order valence-electron chi connectivity index (χ2n) is 2.54. The Labute approximate surface area is 92.4 Å². The number of hydrogen-bond donors (Lipinski definition) is 0. The zero-order valence-electron chi connectivity index (χ0n) is 8.49. The highest BCUT2D eigenvalue weighted by Gasteiger charge is 2.12. The lowest BCUT2D eigenvalue weighted by molar-refractivity contribution is 0.0518. The van der Waals surface area contributed by atoms with Crippen LogP contribution >= 0.6 is 11.6 Å². The number of hydrogen-bond acceptors (Lipinski definition) is 5. The summed E-state index contributed by atoms with van der Waals surface area (Å²) in [6.45, 7) is 4.23. The number of carbonyl (C=O) groups excluding carboxylic acids is 1. The van der Waals surface area contributed by atoms with E-state index in [0.717, 1.165) is 0 Å². The van der Waals surface area contributed by atoms with Crippen molar-refractivity contribution in [3.8, 4) is 5.88 Å². The van der Waals surface area contributed by atoms with E-state index in [1.54, 1.807) is 13.8 Å². The van der Waals surface area contributed by atoms with E-state index < -0.39 is 5.97 Å². The monoisotopic (exact) mass is 230 g/mol. The van der Waals surface area contributed by atoms with E-state index in [0.29, 0.717) is 6.61 Å². The Morgan fingerprint density at radius 3 is 2.67 bits per heavy atom. The van der Waals surface area contributed by atoms with Crippen molar-refractivity contribution in [1.29, 1.82) is 0 Å². The van der Waals surface area contributed by atoms with Crippen molar-refractivity contribution >= 4 is 17.6 Å². The molecule has 6 heteroatoms. The fraction of sp³-hybridized carbons (Fsp3) is 0.444. The van der Waals surface area contributed by atoms with Crippen LogP contribution in [0, 0.1) is 0 Å². The Morgan fingerprint density at radius 2 is 2.13 bits per heavy atom. The molecule has 0 atom stereocenters. The molecular formula is C9H11ClN2O3. The first-order valence-corrected chi connectivity index (χ1v) is 4.90. The number of esters is 1. The molecule has 0 amide bonds. The molecule has 82 valence electrons. The second kappa shape index (κ2) is 5.50. The minimum atomic E-state index is -0.546. The van der Waals surface area contributed by atoms with E-state index in [9.17, 15) is 4.79 Å². The summed E-state index contributed by atoms with van der Waals surface area (Å²) < 4.78 is 9.82. The molecule has 0 spiro atoms. The predicted molar refractivity (Wildman–Crippen MR) is 54.2 cm³/mol. The summed E-state index contributed by atoms with van der Waals surface area (Å²) in [5.74, 6) is -0.331. The molecule has 0 aromatic carbocycles. The van der Waals surface area contributed by atoms with E-state index in [4.69, 9.17) is 21.1 Å². The fourth-order valence-corrected chi connectivity index (χ4v) is 1.09. The normalized spacial score (nSPS) is 9.80. The van der Waals surface area contributed by atoms with Crippen LogP contribution in [0.1, 0.15) is 24.3 Å². The zero-order chi connectivity index (χ0) is 11.3. The van der Waals surface area contributed by atoms with Crippen molar-refractivity contribution in [3.05, 3.63) is 16.8 Å². The molecule has 15 heavy (non-hydrogen) atoms. The van der Waals surface area contributed by atoms with Crippen molar-refractivity contribution in [2.45, 2.75) is 13.8 Å². The number of carbonyl (C=O) groups is 1. The van der Waals surface area contributed by atoms with Crippen molar-refractivity contribution in [2.24, 2.45) is 0 Å². The van der Waals surface area contributed by atoms with Crippen LogP contribution in [0.15, 0.2) is 6.07 Å². The lowest BCUT2D eigenvalue weighted by Crippen LogP contribution is -2.09. The van der Waals surface area contributed by atoms with Gasteiger partial charge >= 0.3 is 5.97 Å². The van der Waals surface area contributed by atoms with Crippen LogP contribution in [-0.4, -0.2) is 29.4 Å². The third-order valence-electron chi connectivity index (χ3n) is 1.48. The third-order valence-corrected chi connectivity index (χ3v) is 1.75. The van der Waals surface area contributed by atoms with Crippen molar-refractivity contribution in [1.82, 2.24) is 10.2 Å². The Kier molecular flexibility index (Phi) is 4.30. The number of ether oxygens (including phenoxy) is 2. The molecule has 0 fully saturated rings. The smallest absolute Gasteiger partial charge is 0.358 e. The lowest BCUT2D eigenvalue weighted by atomic mass is 10.4. The Hall–Kier alpha value is -1.36. The molecular weight excluding hydrogens is 220 g/mol. The largest absolute Gasteiger partial charge is 0.476 e. The fourth-order valence-electron chi connectivity index (χ4n) is 0.897. The number of aromatic nitrogens is 2. The van der Waals surface area contributed by atoms with Gasteiger partial charge in [0.1, 0.15) is 5.02 Å². The molecule has 0 N–H and O–H groups in total. The van der Waals surface area contributed by atoms with Crippen LogP contribution < -0.4 is 4.74 Å². The maximum Gasteiger partial charge on any atom is 0.358 e. The summed E-state index contributed by atoms with van der Waals surface area (Å²) in [6, 6.07) is 1.37. The molecule has 1 heterocycles. The van der Waals surface area contributed by atoms with E-state index >= 15 is 0 Å². The predicted octanol–water partition coefficient (Wildman–Crippen LogP) is 1.71. The molecule has 1 aromatic rings. The van der Waals surface area contributed by atoms with Gasteiger partial charge in [-0.2, -0.15) is 0 Å². The van der Waals surface area contributed by atoms with Gasteiger partial charge in [-0.3, -0.25) is 0 Å². The van der Waals surface area contributed by atoms with E-state index in [-0.39, 0.29) is 23.2 Å². The van der Waals surface area contributed by atoms with Gasteiger partial charge in [-0.1, -0.05) is 11.6 Å². The molecule has 0 aliphatic rings. The second-order valence-corrected chi connectivity index (χ2v) is 2.94. The van der Waals surface area contributed by atoms with Gasteiger partial charge < -0.3 is 9.47 Å². The molecule has 0 bridgehead atoms. The average Bonchev–Trinajstić information content (AvgIpc) is 2.21. The van der Waals surface area contributed by atoms with Crippen LogP contribution in [-0.2, 0) is 4.74 Å². The SMILES string of the molecule is CCOC(=O)c1cc(Cl)c(OCC)nn1. The summed E-state index contributed by atoms with van der Waals surface area (Å²) in [5, 5.41) is 7.55. The quantitative estimate of drug-likeness (QED) is 0.737. The average molecular weight is 231 g/mol. The van der Waals surface area contributed by atoms with Crippen LogP contribution in [0.4, 0.5) is 0 Å². The van der Waals surface area contributed by atoms with Crippen molar-refractivity contribution in [3.63, 3.8) is 0 Å². The van der Waals surface area contributed by atoms with Gasteiger partial charge in [-0.15, -0.1) is 10.2 Å². The Morgan fingerprint density at radius 1 is 1.40 bits per heavy atom. The van der Waals surface area contributed by atoms with Crippen molar-refractivity contribution < 1.29 is 14.3 Å². The van der Waals surface area contributed by atoms with Crippen LogP contribution in [0.2, 0.25) is 5.02 Å². The Bertz CT molecular complexity index is 357. The minimum Gasteiger partial charge on any atom is -0.476 e. The third kappa shape index (κ3) is 3.06. The first kappa shape index (κ1) is 11.7. The van der Waals surface area contributed by atoms with E-state index in [1.165, 1.54) is 6.07 Å². The molecule has 1 aromatic heterocycles. The molecule has 0 aliphatic carbocycles. The van der Waals surface area contributed by atoms with Crippen LogP contribution in [0.5, 0.6) is 5.88 Å². The van der Waals surface area contributed by atoms with Gasteiger partial charge in [0.15, 0.2) is 5.69 Å². The van der Waals surface area contributed by atoms with E-state index in [2.05, 4.69) is 10.2 Å². The molecule has 0 saturated carbocycles. The van der Waals surface area contributed by atoms with Gasteiger partial charge in [0.05, 0.1) is 13.2 Å². The van der Waals surface area contributed by atoms with Gasteiger partial charge in [0, 0.05) is 0 Å². The highest BCUT2D eigenvalue weighted by Crippen LogP contribution is 2.20. The molecule has 0 aliphatic heterocycles. The zero-order valence-corrected chi connectivity index (χ0v) is 9.24. The van der Waals surface area contributed by atoms with Gasteiger partial charge in [-0.05, 0) is 19.9 Å². The maximum atomic E-state index is 11.2. The number of nitrogens with zero attached hydrogens (tertiary/aromatic N) is 2. The highest BCUT2D eigenvalue weighted by molar-refractivity contribution is 6.32. The van der Waals surface area contributed by atoms with Crippen molar-refractivity contribution in [2.75, 3.05) is 13.2 Å². The van der Waals surface area contributed by atoms with Gasteiger partial charge in [0.25, 0.3) is 5.88 Å². The topological polar surface area (TPSA) is 61.3 Å². The number of rotatable bonds is 4. The summed E-state index contributed by atoms with van der Waals surface area (Å²) in [5.41, 5.74) is 0.0744. The standard InChI is InChI=1S/C9H11ClN2O3/c1-3-14-8-6(10)5-7(11-12-8)9(13)15-4-2/h5H,3-4H2,1-2H3. The molecule has 0 unspecified atom stereocenters. The molecule has 1 rings (SSSR count). The lowest BCUT2D eigenvalue weighted by Gasteiger charge is -2.04. The minimum absolute atomic E-state index is 0.0744. The van der Waals surface area contributed by atoms with Gasteiger partial charge in [0.2, 0.25) is 0 Å². The molecule has 0 radical (unpaired) electrons. The molecule has 5 nitrogen and oxygen atoms in total. The summed E-state index contributed by atoms with van der Waals surface area (Å²) >= 11 is 5.82. The van der Waals surface area contributed by atoms with Gasteiger partial charge in [-0.25, -0.2) is 4.79 Å². The maximum absolute atomic E-state index is 11.2. The first-order chi connectivity index (χ1) is 7.19. The summed E-state index contributed by atoms with van der Waals surface area (Å²) in [4.78, 5) is 11.2. The number of halogens is 1. The Balaban J connectivity index is 2.86. The van der Waals surface area contributed by atoms with Crippen LogP contribution in [0.25, 0.3) is 0 Å². The molecule has 0 saturated heterocycles. The summed E-state index contributed by atoms with van der Waals surface area (Å²) in [7, 11) is 0. The first-order valence-electron chi connectivity index (χ1n) is 4.52. The highest BCUT2D eigenvalue weighted by atomic mass is 35.5. The summed E-state index contributed by atoms with van der Waals surface area (Å²) in [6.07, 6.45) is 0. The van der Waals surface area contributed by atoms with E-state index in [1.807, 2.05) is 0 Å². The van der Waals surface area contributed by atoms with Crippen LogP contribution in [0.3, 0.4) is 0 Å².